The van der Waals surface area contributed by atoms with E-state index in [0.717, 1.165) is 49.5 Å². The minimum atomic E-state index is -0.238. The number of guanidine groups is 1. The molecule has 176 valence electrons. The van der Waals surface area contributed by atoms with Crippen molar-refractivity contribution in [2.75, 3.05) is 40.5 Å². The third-order valence-electron chi connectivity index (χ3n) is 5.46. The van der Waals surface area contributed by atoms with E-state index in [0.29, 0.717) is 31.7 Å². The molecule has 1 saturated heterocycles. The fourth-order valence-electron chi connectivity index (χ4n) is 3.60. The van der Waals surface area contributed by atoms with Crippen LogP contribution in [0.5, 0.6) is 5.75 Å². The lowest BCUT2D eigenvalue weighted by Gasteiger charge is -2.31. The second-order valence-electron chi connectivity index (χ2n) is 7.73. The van der Waals surface area contributed by atoms with Gasteiger partial charge in [0.15, 0.2) is 5.96 Å². The molecule has 0 aromatic heterocycles. The van der Waals surface area contributed by atoms with E-state index in [1.807, 2.05) is 30.3 Å². The summed E-state index contributed by atoms with van der Waals surface area (Å²) < 4.78 is 24.7. The van der Waals surface area contributed by atoms with E-state index >= 15 is 0 Å². The minimum Gasteiger partial charge on any atom is -0.492 e. The van der Waals surface area contributed by atoms with Crippen molar-refractivity contribution in [2.24, 2.45) is 4.99 Å². The smallest absolute Gasteiger partial charge is 0.191 e. The lowest BCUT2D eigenvalue weighted by Crippen LogP contribution is -2.38. The predicted octanol–water partition coefficient (Wildman–Crippen LogP) is 3.80. The first kappa shape index (κ1) is 26.3. The summed E-state index contributed by atoms with van der Waals surface area (Å²) in [6, 6.07) is 15.2. The van der Waals surface area contributed by atoms with Crippen molar-refractivity contribution in [3.63, 3.8) is 0 Å². The Morgan fingerprint density at radius 2 is 1.75 bits per heavy atom. The fraction of sp³-hybridized carbons (Fsp3) is 0.458. The number of nitrogens with one attached hydrogen (secondary N) is 2. The third kappa shape index (κ3) is 8.91. The van der Waals surface area contributed by atoms with Crippen LogP contribution in [0.2, 0.25) is 0 Å². The molecule has 0 spiro atoms. The van der Waals surface area contributed by atoms with Crippen LogP contribution in [0, 0.1) is 5.82 Å². The summed E-state index contributed by atoms with van der Waals surface area (Å²) in [5.41, 5.74) is 1.97. The van der Waals surface area contributed by atoms with Crippen LogP contribution in [0.4, 0.5) is 4.39 Å². The maximum Gasteiger partial charge on any atom is 0.191 e. The molecule has 1 heterocycles. The zero-order chi connectivity index (χ0) is 21.9. The van der Waals surface area contributed by atoms with Crippen molar-refractivity contribution < 1.29 is 13.9 Å². The number of hydrogen-bond donors (Lipinski definition) is 2. The molecule has 2 N–H and O–H groups in total. The van der Waals surface area contributed by atoms with Crippen LogP contribution < -0.4 is 15.4 Å². The highest BCUT2D eigenvalue weighted by Crippen LogP contribution is 2.15. The second-order valence-corrected chi connectivity index (χ2v) is 7.73. The Morgan fingerprint density at radius 3 is 2.41 bits per heavy atom. The van der Waals surface area contributed by atoms with Crippen molar-refractivity contribution in [1.82, 2.24) is 15.5 Å². The van der Waals surface area contributed by atoms with E-state index in [4.69, 9.17) is 9.47 Å². The summed E-state index contributed by atoms with van der Waals surface area (Å²) in [4.78, 5) is 6.59. The summed E-state index contributed by atoms with van der Waals surface area (Å²) in [5, 5.41) is 6.49. The second kappa shape index (κ2) is 14.3. The lowest BCUT2D eigenvalue weighted by molar-refractivity contribution is 0.0392. The van der Waals surface area contributed by atoms with Crippen LogP contribution >= 0.6 is 24.0 Å². The summed E-state index contributed by atoms with van der Waals surface area (Å²) >= 11 is 0. The fourth-order valence-corrected chi connectivity index (χ4v) is 3.60. The molecule has 32 heavy (non-hydrogen) atoms. The summed E-state index contributed by atoms with van der Waals surface area (Å²) in [5.74, 6) is 1.29. The van der Waals surface area contributed by atoms with Crippen LogP contribution in [0.3, 0.4) is 0 Å². The van der Waals surface area contributed by atoms with E-state index in [9.17, 15) is 4.39 Å². The Labute approximate surface area is 207 Å². The van der Waals surface area contributed by atoms with Gasteiger partial charge in [-0.25, -0.2) is 4.39 Å². The van der Waals surface area contributed by atoms with Crippen LogP contribution in [0.15, 0.2) is 53.5 Å². The van der Waals surface area contributed by atoms with Crippen LogP contribution in [-0.2, 0) is 17.8 Å². The highest BCUT2D eigenvalue weighted by molar-refractivity contribution is 14.0. The zero-order valence-corrected chi connectivity index (χ0v) is 21.2. The van der Waals surface area contributed by atoms with Crippen LogP contribution in [-0.4, -0.2) is 57.4 Å². The molecule has 0 amide bonds. The van der Waals surface area contributed by atoms with Gasteiger partial charge in [0.2, 0.25) is 0 Å². The maximum atomic E-state index is 13.3. The first-order valence-electron chi connectivity index (χ1n) is 10.8. The molecule has 1 aliphatic heterocycles. The Bertz CT molecular complexity index is 846. The Balaban J connectivity index is 0.00000363. The SMILES string of the molecule is CN=C(NCc1cccc(F)c1)NCc1cccc(OCCN(C)C2CCOCC2)c1.I. The van der Waals surface area contributed by atoms with Gasteiger partial charge in [-0.05, 0) is 55.3 Å². The van der Waals surface area contributed by atoms with E-state index in [1.54, 1.807) is 13.1 Å². The van der Waals surface area contributed by atoms with Gasteiger partial charge in [-0.15, -0.1) is 24.0 Å². The number of aliphatic imine (C=N–C) groups is 1. The van der Waals surface area contributed by atoms with Crippen molar-refractivity contribution in [3.8, 4) is 5.75 Å². The van der Waals surface area contributed by atoms with Gasteiger partial charge in [0.1, 0.15) is 18.2 Å². The van der Waals surface area contributed by atoms with E-state index in [2.05, 4.69) is 27.6 Å². The number of likely N-dealkylation sites (N-methyl/N-ethyl adjacent to an activating group) is 1. The lowest BCUT2D eigenvalue weighted by atomic mass is 10.1. The highest BCUT2D eigenvalue weighted by atomic mass is 127. The van der Waals surface area contributed by atoms with E-state index < -0.39 is 0 Å². The molecule has 0 atom stereocenters. The molecule has 0 aliphatic carbocycles. The number of benzene rings is 2. The van der Waals surface area contributed by atoms with Crippen molar-refractivity contribution in [3.05, 3.63) is 65.5 Å². The standard InChI is InChI=1S/C24H33FN4O2.HI/c1-26-24(27-17-19-5-3-7-21(25)15-19)28-18-20-6-4-8-23(16-20)31-14-11-29(2)22-9-12-30-13-10-22;/h3-8,15-16,22H,9-14,17-18H2,1-2H3,(H2,26,27,28);1H. The Hall–Kier alpha value is -1.91. The molecule has 6 nitrogen and oxygen atoms in total. The Kier molecular flexibility index (Phi) is 11.8. The molecular weight excluding hydrogens is 522 g/mol. The van der Waals surface area contributed by atoms with Gasteiger partial charge in [0.05, 0.1) is 0 Å². The molecule has 0 radical (unpaired) electrons. The van der Waals surface area contributed by atoms with Gasteiger partial charge >= 0.3 is 0 Å². The average molecular weight is 556 g/mol. The van der Waals surface area contributed by atoms with Crippen LogP contribution in [0.1, 0.15) is 24.0 Å². The molecule has 2 aromatic rings. The molecule has 1 fully saturated rings. The van der Waals surface area contributed by atoms with Crippen molar-refractivity contribution in [1.29, 1.82) is 0 Å². The molecule has 0 saturated carbocycles. The number of ether oxygens (including phenoxy) is 2. The van der Waals surface area contributed by atoms with Gasteiger partial charge in [0, 0.05) is 45.9 Å². The zero-order valence-electron chi connectivity index (χ0n) is 18.9. The first-order valence-corrected chi connectivity index (χ1v) is 10.8. The maximum absolute atomic E-state index is 13.3. The molecule has 2 aromatic carbocycles. The largest absolute Gasteiger partial charge is 0.492 e. The van der Waals surface area contributed by atoms with E-state index in [1.165, 1.54) is 12.1 Å². The van der Waals surface area contributed by atoms with Crippen molar-refractivity contribution in [2.45, 2.75) is 32.0 Å². The molecule has 8 heteroatoms. The average Bonchev–Trinajstić information content (AvgIpc) is 2.80. The van der Waals surface area contributed by atoms with Gasteiger partial charge in [0.25, 0.3) is 0 Å². The number of rotatable bonds is 9. The molecule has 0 unspecified atom stereocenters. The van der Waals surface area contributed by atoms with Gasteiger partial charge < -0.3 is 20.1 Å². The van der Waals surface area contributed by atoms with E-state index in [-0.39, 0.29) is 29.8 Å². The summed E-state index contributed by atoms with van der Waals surface area (Å²) in [6.45, 7) is 4.37. The molecular formula is C24H34FIN4O2. The predicted molar refractivity (Wildman–Crippen MR) is 137 cm³/mol. The normalized spacial score (nSPS) is 14.7. The number of hydrogen-bond acceptors (Lipinski definition) is 4. The van der Waals surface area contributed by atoms with Gasteiger partial charge in [-0.2, -0.15) is 0 Å². The summed E-state index contributed by atoms with van der Waals surface area (Å²) in [6.07, 6.45) is 2.18. The van der Waals surface area contributed by atoms with Gasteiger partial charge in [-0.1, -0.05) is 24.3 Å². The topological polar surface area (TPSA) is 58.1 Å². The minimum absolute atomic E-state index is 0. The highest BCUT2D eigenvalue weighted by Gasteiger charge is 2.17. The summed E-state index contributed by atoms with van der Waals surface area (Å²) in [7, 11) is 3.87. The third-order valence-corrected chi connectivity index (χ3v) is 5.46. The molecule has 0 bridgehead atoms. The van der Waals surface area contributed by atoms with Gasteiger partial charge in [-0.3, -0.25) is 9.89 Å². The number of halogens is 2. The first-order chi connectivity index (χ1) is 15.1. The monoisotopic (exact) mass is 556 g/mol. The molecule has 1 aliphatic rings. The van der Waals surface area contributed by atoms with Crippen LogP contribution in [0.25, 0.3) is 0 Å². The molecule has 3 rings (SSSR count). The number of nitrogens with zero attached hydrogens (tertiary/aromatic N) is 2. The Morgan fingerprint density at radius 1 is 1.09 bits per heavy atom. The quantitative estimate of drug-likeness (QED) is 0.280. The van der Waals surface area contributed by atoms with Crippen molar-refractivity contribution >= 4 is 29.9 Å².